The molecule has 0 bridgehead atoms. The van der Waals surface area contributed by atoms with Gasteiger partial charge >= 0.3 is 5.97 Å². The van der Waals surface area contributed by atoms with Gasteiger partial charge in [-0.25, -0.2) is 13.9 Å². The Hall–Kier alpha value is -3.49. The highest BCUT2D eigenvalue weighted by atomic mass is 19.1. The topological polar surface area (TPSA) is 117 Å². The summed E-state index contributed by atoms with van der Waals surface area (Å²) in [4.78, 5) is 39.1. The highest BCUT2D eigenvalue weighted by molar-refractivity contribution is 6.01. The molecule has 3 rings (SSSR count). The number of fused-ring (bicyclic) bond motifs is 1. The van der Waals surface area contributed by atoms with E-state index in [-0.39, 0.29) is 11.2 Å². The molecule has 0 aliphatic heterocycles. The average Bonchev–Trinajstić information content (AvgIpc) is 2.99. The first-order chi connectivity index (χ1) is 11.9. The third-order valence-electron chi connectivity index (χ3n) is 3.53. The van der Waals surface area contributed by atoms with Crippen LogP contribution in [0.5, 0.6) is 0 Å². The molecule has 8 nitrogen and oxygen atoms in total. The maximum absolute atomic E-state index is 13.7. The number of H-pyrrole nitrogens is 1. The van der Waals surface area contributed by atoms with Crippen LogP contribution in [0.2, 0.25) is 0 Å². The number of carbonyl (C=O) groups excluding carboxylic acids is 1. The zero-order valence-electron chi connectivity index (χ0n) is 13.0. The van der Waals surface area contributed by atoms with Crippen molar-refractivity contribution in [3.05, 3.63) is 57.8 Å². The summed E-state index contributed by atoms with van der Waals surface area (Å²) in [7, 11) is 0. The van der Waals surface area contributed by atoms with Crippen LogP contribution >= 0.6 is 0 Å². The van der Waals surface area contributed by atoms with E-state index in [0.717, 1.165) is 0 Å². The first-order valence-corrected chi connectivity index (χ1v) is 7.23. The Bertz CT molecular complexity index is 1030. The number of aliphatic carboxylic acids is 1. The van der Waals surface area contributed by atoms with Crippen LogP contribution in [0.4, 0.5) is 4.39 Å². The highest BCUT2D eigenvalue weighted by Gasteiger charge is 2.20. The third-order valence-corrected chi connectivity index (χ3v) is 3.53. The van der Waals surface area contributed by atoms with E-state index in [1.807, 2.05) is 0 Å². The number of aryl methyl sites for hydroxylation is 1. The minimum Gasteiger partial charge on any atom is -0.480 e. The zero-order valence-corrected chi connectivity index (χ0v) is 13.0. The molecule has 0 atom stereocenters. The van der Waals surface area contributed by atoms with Gasteiger partial charge in [0.2, 0.25) is 0 Å². The van der Waals surface area contributed by atoms with Gasteiger partial charge in [0.1, 0.15) is 24.3 Å². The molecular formula is C16H13FN4O4. The summed E-state index contributed by atoms with van der Waals surface area (Å²) in [5.74, 6) is -2.54. The van der Waals surface area contributed by atoms with Crippen molar-refractivity contribution in [3.63, 3.8) is 0 Å². The van der Waals surface area contributed by atoms with Gasteiger partial charge in [-0.15, -0.1) is 0 Å². The molecule has 1 amide bonds. The van der Waals surface area contributed by atoms with E-state index in [9.17, 15) is 18.8 Å². The van der Waals surface area contributed by atoms with E-state index in [4.69, 9.17) is 5.11 Å². The molecule has 0 radical (unpaired) electrons. The fraction of sp³-hybridized carbons (Fsp3) is 0.125. The maximum atomic E-state index is 13.7. The van der Waals surface area contributed by atoms with Crippen molar-refractivity contribution in [1.29, 1.82) is 0 Å². The summed E-state index contributed by atoms with van der Waals surface area (Å²) in [5.41, 5.74) is 0.513. The second-order valence-corrected chi connectivity index (χ2v) is 5.41. The number of nitrogens with zero attached hydrogens (tertiary/aromatic N) is 2. The van der Waals surface area contributed by atoms with E-state index in [2.05, 4.69) is 15.4 Å². The molecule has 128 valence electrons. The van der Waals surface area contributed by atoms with Crippen LogP contribution in [0.3, 0.4) is 0 Å². The smallest absolute Gasteiger partial charge is 0.322 e. The Morgan fingerprint density at radius 3 is 2.76 bits per heavy atom. The minimum absolute atomic E-state index is 0.0207. The molecule has 0 aliphatic rings. The number of rotatable bonds is 4. The lowest BCUT2D eigenvalue weighted by molar-refractivity contribution is -0.135. The number of benzene rings is 1. The number of carboxylic acid groups (broad SMARTS) is 1. The van der Waals surface area contributed by atoms with Gasteiger partial charge in [-0.3, -0.25) is 19.5 Å². The van der Waals surface area contributed by atoms with Crippen LogP contribution in [0, 0.1) is 12.7 Å². The fourth-order valence-electron chi connectivity index (χ4n) is 2.55. The maximum Gasteiger partial charge on any atom is 0.322 e. The van der Waals surface area contributed by atoms with Crippen LogP contribution in [-0.2, 0) is 4.79 Å². The van der Waals surface area contributed by atoms with E-state index >= 15 is 0 Å². The number of nitrogens with one attached hydrogen (secondary N) is 2. The summed E-state index contributed by atoms with van der Waals surface area (Å²) in [6.45, 7) is 1.09. The van der Waals surface area contributed by atoms with E-state index in [1.165, 1.54) is 29.0 Å². The van der Waals surface area contributed by atoms with Gasteiger partial charge in [-0.05, 0) is 30.7 Å². The molecule has 3 aromatic rings. The summed E-state index contributed by atoms with van der Waals surface area (Å²) in [6, 6.07) is 5.48. The van der Waals surface area contributed by atoms with Gasteiger partial charge in [0.05, 0.1) is 5.69 Å². The van der Waals surface area contributed by atoms with Crippen LogP contribution in [0.15, 0.2) is 35.4 Å². The third kappa shape index (κ3) is 3.11. The zero-order chi connectivity index (χ0) is 18.1. The van der Waals surface area contributed by atoms with Crippen LogP contribution in [0.25, 0.3) is 16.9 Å². The van der Waals surface area contributed by atoms with Gasteiger partial charge < -0.3 is 10.4 Å². The van der Waals surface area contributed by atoms with Gasteiger partial charge in [0.25, 0.3) is 5.91 Å². The Labute approximate surface area is 139 Å². The number of carbonyl (C=O) groups is 2. The Kier molecular flexibility index (Phi) is 4.05. The molecule has 0 aliphatic carbocycles. The van der Waals surface area contributed by atoms with Gasteiger partial charge in [-0.2, -0.15) is 0 Å². The Balaban J connectivity index is 2.17. The normalized spacial score (nSPS) is 10.8. The summed E-state index contributed by atoms with van der Waals surface area (Å²) >= 11 is 0. The predicted molar refractivity (Wildman–Crippen MR) is 85.9 cm³/mol. The number of amides is 1. The van der Waals surface area contributed by atoms with Gasteiger partial charge in [0.15, 0.2) is 11.1 Å². The van der Waals surface area contributed by atoms with E-state index in [0.29, 0.717) is 16.8 Å². The van der Waals surface area contributed by atoms with Crippen molar-refractivity contribution < 1.29 is 19.1 Å². The van der Waals surface area contributed by atoms with Crippen LogP contribution in [0.1, 0.15) is 15.9 Å². The quantitative estimate of drug-likeness (QED) is 0.651. The lowest BCUT2D eigenvalue weighted by Crippen LogP contribution is -2.33. The number of halogens is 1. The number of aromatic amines is 1. The first kappa shape index (κ1) is 16.4. The summed E-state index contributed by atoms with van der Waals surface area (Å²) in [5, 5.41) is 13.5. The molecule has 2 heterocycles. The monoisotopic (exact) mass is 344 g/mol. The molecule has 0 spiro atoms. The van der Waals surface area contributed by atoms with Crippen LogP contribution in [-0.4, -0.2) is 38.1 Å². The second-order valence-electron chi connectivity index (χ2n) is 5.41. The number of carboxylic acids is 1. The Morgan fingerprint density at radius 1 is 1.32 bits per heavy atom. The number of hydrogen-bond acceptors (Lipinski definition) is 4. The molecule has 0 saturated carbocycles. The molecular weight excluding hydrogens is 331 g/mol. The first-order valence-electron chi connectivity index (χ1n) is 7.23. The number of hydrogen-bond donors (Lipinski definition) is 3. The molecule has 0 fully saturated rings. The fourth-order valence-corrected chi connectivity index (χ4v) is 2.55. The second kappa shape index (κ2) is 6.19. The van der Waals surface area contributed by atoms with Crippen LogP contribution < -0.4 is 10.7 Å². The Morgan fingerprint density at radius 2 is 2.08 bits per heavy atom. The molecule has 3 N–H and O–H groups in total. The lowest BCUT2D eigenvalue weighted by Gasteiger charge is -2.09. The van der Waals surface area contributed by atoms with E-state index < -0.39 is 29.7 Å². The van der Waals surface area contributed by atoms with Crippen molar-refractivity contribution in [2.24, 2.45) is 0 Å². The standard InChI is InChI=1S/C16H13FN4O4/c1-8-2-9(4-10(17)3-8)11-5-12(22)14(15-19-7-20-21(11)15)16(25)18-6-13(23)24/h2-5,7H,6H2,1H3,(H,18,25)(H,19,20)(H,23,24). The predicted octanol–water partition coefficient (Wildman–Crippen LogP) is 0.952. The highest BCUT2D eigenvalue weighted by Crippen LogP contribution is 2.22. The SMILES string of the molecule is Cc1cc(F)cc(-c2cc(=O)c(C(=O)NCC(=O)O)c3nc[nH]n23)c1. The van der Waals surface area contributed by atoms with Crippen molar-refractivity contribution in [1.82, 2.24) is 19.9 Å². The molecule has 0 saturated heterocycles. The van der Waals surface area contributed by atoms with Crippen molar-refractivity contribution >= 4 is 17.5 Å². The number of pyridine rings is 1. The largest absolute Gasteiger partial charge is 0.480 e. The van der Waals surface area contributed by atoms with Crippen molar-refractivity contribution in [2.75, 3.05) is 6.54 Å². The molecule has 9 heteroatoms. The summed E-state index contributed by atoms with van der Waals surface area (Å²) < 4.78 is 15.1. The van der Waals surface area contributed by atoms with Crippen molar-refractivity contribution in [3.8, 4) is 11.3 Å². The molecule has 1 aromatic carbocycles. The molecule has 0 unspecified atom stereocenters. The van der Waals surface area contributed by atoms with E-state index in [1.54, 1.807) is 13.0 Å². The van der Waals surface area contributed by atoms with Crippen molar-refractivity contribution in [2.45, 2.75) is 6.92 Å². The average molecular weight is 344 g/mol. The molecule has 25 heavy (non-hydrogen) atoms. The molecule has 2 aromatic heterocycles. The minimum atomic E-state index is -1.24. The number of aromatic nitrogens is 3. The summed E-state index contributed by atoms with van der Waals surface area (Å²) in [6.07, 6.45) is 1.28. The van der Waals surface area contributed by atoms with Gasteiger partial charge in [-0.1, -0.05) is 0 Å². The lowest BCUT2D eigenvalue weighted by atomic mass is 10.1. The van der Waals surface area contributed by atoms with Gasteiger partial charge in [0, 0.05) is 11.6 Å².